The minimum atomic E-state index is 0.0387. The quantitative estimate of drug-likeness (QED) is 0.692. The largest absolute Gasteiger partial charge is 0.469 e. The maximum absolute atomic E-state index is 12.0. The van der Waals surface area contributed by atoms with E-state index in [1.807, 2.05) is 42.6 Å². The van der Waals surface area contributed by atoms with Gasteiger partial charge >= 0.3 is 0 Å². The summed E-state index contributed by atoms with van der Waals surface area (Å²) in [7, 11) is 0. The van der Waals surface area contributed by atoms with E-state index in [0.29, 0.717) is 19.5 Å². The summed E-state index contributed by atoms with van der Waals surface area (Å²) in [5, 5.41) is 7.08. The molecule has 0 aliphatic heterocycles. The lowest BCUT2D eigenvalue weighted by atomic mass is 9.93. The van der Waals surface area contributed by atoms with E-state index in [-0.39, 0.29) is 11.8 Å². The first-order chi connectivity index (χ1) is 11.8. The Labute approximate surface area is 141 Å². The summed E-state index contributed by atoms with van der Waals surface area (Å²) < 4.78 is 7.34. The normalized spacial score (nSPS) is 12.0. The molecule has 5 heteroatoms. The van der Waals surface area contributed by atoms with Crippen LogP contribution < -0.4 is 5.32 Å². The Morgan fingerprint density at radius 3 is 2.75 bits per heavy atom. The lowest BCUT2D eigenvalue weighted by Gasteiger charge is -2.15. The Hall–Kier alpha value is -2.82. The fourth-order valence-corrected chi connectivity index (χ4v) is 2.74. The maximum atomic E-state index is 12.0. The number of rotatable bonds is 8. The van der Waals surface area contributed by atoms with Gasteiger partial charge in [-0.2, -0.15) is 5.10 Å². The van der Waals surface area contributed by atoms with Gasteiger partial charge in [0, 0.05) is 37.8 Å². The topological polar surface area (TPSA) is 60.1 Å². The van der Waals surface area contributed by atoms with Crippen molar-refractivity contribution < 1.29 is 9.21 Å². The zero-order valence-electron chi connectivity index (χ0n) is 13.5. The fraction of sp³-hybridized carbons (Fsp3) is 0.263. The molecule has 1 aromatic carbocycles. The van der Waals surface area contributed by atoms with Crippen LogP contribution in [-0.4, -0.2) is 22.2 Å². The Morgan fingerprint density at radius 1 is 1.17 bits per heavy atom. The molecule has 2 heterocycles. The summed E-state index contributed by atoms with van der Waals surface area (Å²) in [5.41, 5.74) is 1.19. The van der Waals surface area contributed by atoms with Crippen LogP contribution in [0.25, 0.3) is 0 Å². The van der Waals surface area contributed by atoms with Gasteiger partial charge < -0.3 is 9.73 Å². The van der Waals surface area contributed by atoms with Crippen molar-refractivity contribution in [2.45, 2.75) is 25.3 Å². The second kappa shape index (κ2) is 8.15. The van der Waals surface area contributed by atoms with Crippen LogP contribution in [0.4, 0.5) is 0 Å². The molecule has 0 spiro atoms. The number of aromatic nitrogens is 2. The van der Waals surface area contributed by atoms with Crippen molar-refractivity contribution in [2.24, 2.45) is 0 Å². The van der Waals surface area contributed by atoms with Crippen molar-refractivity contribution >= 4 is 5.91 Å². The van der Waals surface area contributed by atoms with Crippen LogP contribution in [0.3, 0.4) is 0 Å². The summed E-state index contributed by atoms with van der Waals surface area (Å²) in [4.78, 5) is 12.0. The van der Waals surface area contributed by atoms with E-state index in [0.717, 1.165) is 12.2 Å². The molecular formula is C19H21N3O2. The van der Waals surface area contributed by atoms with Crippen molar-refractivity contribution in [3.8, 4) is 0 Å². The predicted molar refractivity (Wildman–Crippen MR) is 91.5 cm³/mol. The van der Waals surface area contributed by atoms with Crippen LogP contribution in [0, 0.1) is 0 Å². The molecule has 0 saturated heterocycles. The van der Waals surface area contributed by atoms with Crippen molar-refractivity contribution in [1.82, 2.24) is 15.1 Å². The number of hydrogen-bond donors (Lipinski definition) is 1. The average molecular weight is 323 g/mol. The summed E-state index contributed by atoms with van der Waals surface area (Å²) in [6.07, 6.45) is 6.48. The van der Waals surface area contributed by atoms with E-state index >= 15 is 0 Å². The third-order valence-electron chi connectivity index (χ3n) is 3.97. The van der Waals surface area contributed by atoms with Crippen LogP contribution >= 0.6 is 0 Å². The minimum Gasteiger partial charge on any atom is -0.469 e. The van der Waals surface area contributed by atoms with Crippen LogP contribution in [0.15, 0.2) is 71.6 Å². The monoisotopic (exact) mass is 323 g/mol. The van der Waals surface area contributed by atoms with Gasteiger partial charge in [-0.25, -0.2) is 0 Å². The van der Waals surface area contributed by atoms with E-state index in [1.54, 1.807) is 17.1 Å². The SMILES string of the molecule is O=C(CCn1cccn1)NCC[C@@H](c1ccccc1)c1ccco1. The molecule has 0 unspecified atom stereocenters. The molecule has 1 amide bonds. The van der Waals surface area contributed by atoms with E-state index in [1.165, 1.54) is 5.56 Å². The second-order valence-corrected chi connectivity index (χ2v) is 5.64. The number of carbonyl (C=O) groups is 1. The van der Waals surface area contributed by atoms with Gasteiger partial charge in [0.15, 0.2) is 0 Å². The number of benzene rings is 1. The summed E-state index contributed by atoms with van der Waals surface area (Å²) >= 11 is 0. The summed E-state index contributed by atoms with van der Waals surface area (Å²) in [6, 6.07) is 16.0. The number of hydrogen-bond acceptors (Lipinski definition) is 3. The Balaban J connectivity index is 1.51. The fourth-order valence-electron chi connectivity index (χ4n) is 2.74. The molecule has 1 N–H and O–H groups in total. The van der Waals surface area contributed by atoms with Gasteiger partial charge in [0.2, 0.25) is 5.91 Å². The first-order valence-electron chi connectivity index (χ1n) is 8.15. The van der Waals surface area contributed by atoms with E-state index in [9.17, 15) is 4.79 Å². The number of nitrogens with zero attached hydrogens (tertiary/aromatic N) is 2. The molecule has 0 fully saturated rings. The zero-order valence-corrected chi connectivity index (χ0v) is 13.5. The Morgan fingerprint density at radius 2 is 2.04 bits per heavy atom. The number of aryl methyl sites for hydroxylation is 1. The molecule has 0 radical (unpaired) electrons. The molecule has 0 bridgehead atoms. The van der Waals surface area contributed by atoms with Gasteiger partial charge in [-0.3, -0.25) is 9.48 Å². The average Bonchev–Trinajstić information content (AvgIpc) is 3.31. The molecular weight excluding hydrogens is 302 g/mol. The number of amides is 1. The lowest BCUT2D eigenvalue weighted by Crippen LogP contribution is -2.26. The van der Waals surface area contributed by atoms with Crippen LogP contribution in [-0.2, 0) is 11.3 Å². The Kier molecular flexibility index (Phi) is 5.45. The molecule has 3 aromatic rings. The molecule has 1 atom stereocenters. The highest BCUT2D eigenvalue weighted by atomic mass is 16.3. The number of nitrogens with one attached hydrogen (secondary N) is 1. The van der Waals surface area contributed by atoms with Crippen molar-refractivity contribution in [3.63, 3.8) is 0 Å². The predicted octanol–water partition coefficient (Wildman–Crippen LogP) is 3.20. The van der Waals surface area contributed by atoms with Gasteiger partial charge in [-0.05, 0) is 30.2 Å². The van der Waals surface area contributed by atoms with Gasteiger partial charge in [0.25, 0.3) is 0 Å². The molecule has 0 saturated carbocycles. The van der Waals surface area contributed by atoms with Crippen molar-refractivity contribution in [3.05, 3.63) is 78.5 Å². The van der Waals surface area contributed by atoms with E-state index < -0.39 is 0 Å². The van der Waals surface area contributed by atoms with E-state index in [4.69, 9.17) is 4.42 Å². The molecule has 3 rings (SSSR count). The standard InChI is InChI=1S/C19H21N3O2/c23-19(10-14-22-13-5-11-21-22)20-12-9-17(18-8-4-15-24-18)16-6-2-1-3-7-16/h1-8,11,13,15,17H,9-10,12,14H2,(H,20,23)/t17-/m0/s1. The third-order valence-corrected chi connectivity index (χ3v) is 3.97. The van der Waals surface area contributed by atoms with Gasteiger partial charge in [0.05, 0.1) is 6.26 Å². The van der Waals surface area contributed by atoms with Gasteiger partial charge in [-0.1, -0.05) is 30.3 Å². The smallest absolute Gasteiger partial charge is 0.221 e. The highest BCUT2D eigenvalue weighted by Gasteiger charge is 2.16. The highest BCUT2D eigenvalue weighted by Crippen LogP contribution is 2.27. The lowest BCUT2D eigenvalue weighted by molar-refractivity contribution is -0.121. The number of carbonyl (C=O) groups excluding carboxylic acids is 1. The minimum absolute atomic E-state index is 0.0387. The van der Waals surface area contributed by atoms with Crippen molar-refractivity contribution in [1.29, 1.82) is 0 Å². The van der Waals surface area contributed by atoms with Crippen LogP contribution in [0.5, 0.6) is 0 Å². The zero-order chi connectivity index (χ0) is 16.6. The van der Waals surface area contributed by atoms with Crippen molar-refractivity contribution in [2.75, 3.05) is 6.54 Å². The van der Waals surface area contributed by atoms with Gasteiger partial charge in [-0.15, -0.1) is 0 Å². The molecule has 0 aliphatic rings. The molecule has 2 aromatic heterocycles. The number of furan rings is 1. The molecule has 24 heavy (non-hydrogen) atoms. The van der Waals surface area contributed by atoms with Crippen LogP contribution in [0.2, 0.25) is 0 Å². The maximum Gasteiger partial charge on any atom is 0.221 e. The van der Waals surface area contributed by atoms with Crippen LogP contribution in [0.1, 0.15) is 30.1 Å². The third kappa shape index (κ3) is 4.35. The van der Waals surface area contributed by atoms with E-state index in [2.05, 4.69) is 22.5 Å². The summed E-state index contributed by atoms with van der Waals surface area (Å²) in [6.45, 7) is 1.21. The first kappa shape index (κ1) is 16.1. The Bertz CT molecular complexity index is 721. The molecule has 5 nitrogen and oxygen atoms in total. The molecule has 0 aliphatic carbocycles. The second-order valence-electron chi connectivity index (χ2n) is 5.64. The first-order valence-corrected chi connectivity index (χ1v) is 8.15. The summed E-state index contributed by atoms with van der Waals surface area (Å²) in [5.74, 6) is 1.11. The van der Waals surface area contributed by atoms with Gasteiger partial charge in [0.1, 0.15) is 5.76 Å². The molecule has 124 valence electrons. The highest BCUT2D eigenvalue weighted by molar-refractivity contribution is 5.75.